The lowest BCUT2D eigenvalue weighted by molar-refractivity contribution is 0.102. The number of aromatic nitrogens is 5. The van der Waals surface area contributed by atoms with Crippen LogP contribution in [0.25, 0.3) is 5.69 Å². The predicted molar refractivity (Wildman–Crippen MR) is 130 cm³/mol. The summed E-state index contributed by atoms with van der Waals surface area (Å²) in [4.78, 5) is 22.3. The Hall–Kier alpha value is -3.92. The third-order valence-electron chi connectivity index (χ3n) is 4.93. The van der Waals surface area contributed by atoms with Gasteiger partial charge in [-0.15, -0.1) is 5.10 Å². The number of amides is 1. The zero-order chi connectivity index (χ0) is 24.1. The molecule has 2 aromatic carbocycles. The average molecular weight is 477 g/mol. The fraction of sp³-hybridized carbons (Fsp3) is 0.208. The Labute approximate surface area is 201 Å². The number of benzene rings is 2. The summed E-state index contributed by atoms with van der Waals surface area (Å²) < 4.78 is 12.3. The number of hydrogen-bond acceptors (Lipinski definition) is 8. The lowest BCUT2D eigenvalue weighted by atomic mass is 10.2. The predicted octanol–water partition coefficient (Wildman–Crippen LogP) is 4.24. The number of carbonyl (C=O) groups is 1. The summed E-state index contributed by atoms with van der Waals surface area (Å²) in [6, 6.07) is 16.6. The zero-order valence-corrected chi connectivity index (χ0v) is 20.1. The highest BCUT2D eigenvalue weighted by Crippen LogP contribution is 2.30. The van der Waals surface area contributed by atoms with Crippen molar-refractivity contribution in [2.45, 2.75) is 24.8 Å². The fourth-order valence-corrected chi connectivity index (χ4v) is 4.31. The van der Waals surface area contributed by atoms with Gasteiger partial charge in [-0.2, -0.15) is 0 Å². The van der Waals surface area contributed by atoms with Gasteiger partial charge in [0.25, 0.3) is 5.91 Å². The van der Waals surface area contributed by atoms with Gasteiger partial charge in [0.2, 0.25) is 0 Å². The number of rotatable bonds is 8. The van der Waals surface area contributed by atoms with Crippen molar-refractivity contribution < 1.29 is 14.3 Å². The second-order valence-electron chi connectivity index (χ2n) is 7.37. The molecule has 1 amide bonds. The molecule has 0 fully saturated rings. The van der Waals surface area contributed by atoms with E-state index >= 15 is 0 Å². The summed E-state index contributed by atoms with van der Waals surface area (Å²) in [7, 11) is 3.10. The minimum Gasteiger partial charge on any atom is -0.497 e. The van der Waals surface area contributed by atoms with E-state index in [4.69, 9.17) is 9.47 Å². The minimum atomic E-state index is -0.411. The van der Waals surface area contributed by atoms with Crippen LogP contribution in [0.3, 0.4) is 0 Å². The summed E-state index contributed by atoms with van der Waals surface area (Å²) in [5.74, 6) is 1.07. The van der Waals surface area contributed by atoms with Crippen LogP contribution < -0.4 is 14.8 Å². The Kier molecular flexibility index (Phi) is 7.07. The third-order valence-corrected chi connectivity index (χ3v) is 5.79. The molecule has 174 valence electrons. The van der Waals surface area contributed by atoms with E-state index in [0.29, 0.717) is 33.8 Å². The maximum absolute atomic E-state index is 13.3. The Morgan fingerprint density at radius 2 is 1.74 bits per heavy atom. The molecule has 9 nitrogen and oxygen atoms in total. The number of aryl methyl sites for hydroxylation is 2. The van der Waals surface area contributed by atoms with Gasteiger partial charge in [0.15, 0.2) is 10.9 Å². The molecule has 0 unspecified atom stereocenters. The SMILES string of the molecule is COc1ccc(OC)c(NC(=O)c2nnn(-c3ccccc3)c2CSc2nc(C)cc(C)n2)c1. The largest absolute Gasteiger partial charge is 0.497 e. The average Bonchev–Trinajstić information content (AvgIpc) is 3.26. The summed E-state index contributed by atoms with van der Waals surface area (Å²) >= 11 is 1.42. The molecule has 1 N–H and O–H groups in total. The van der Waals surface area contributed by atoms with E-state index in [-0.39, 0.29) is 5.69 Å². The molecule has 0 aliphatic heterocycles. The van der Waals surface area contributed by atoms with Gasteiger partial charge in [-0.25, -0.2) is 14.6 Å². The molecular weight excluding hydrogens is 452 g/mol. The first-order valence-corrected chi connectivity index (χ1v) is 11.5. The zero-order valence-electron chi connectivity index (χ0n) is 19.3. The normalized spacial score (nSPS) is 10.7. The smallest absolute Gasteiger partial charge is 0.278 e. The number of anilines is 1. The highest BCUT2D eigenvalue weighted by atomic mass is 32.2. The molecule has 0 aliphatic carbocycles. The van der Waals surface area contributed by atoms with Crippen LogP contribution in [0.4, 0.5) is 5.69 Å². The van der Waals surface area contributed by atoms with E-state index in [2.05, 4.69) is 25.6 Å². The van der Waals surface area contributed by atoms with Gasteiger partial charge < -0.3 is 14.8 Å². The van der Waals surface area contributed by atoms with E-state index in [1.807, 2.05) is 50.2 Å². The minimum absolute atomic E-state index is 0.200. The number of para-hydroxylation sites is 1. The van der Waals surface area contributed by atoms with Gasteiger partial charge >= 0.3 is 0 Å². The van der Waals surface area contributed by atoms with Crippen molar-refractivity contribution in [3.8, 4) is 17.2 Å². The fourth-order valence-electron chi connectivity index (χ4n) is 3.37. The molecular formula is C24H24N6O3S. The summed E-state index contributed by atoms with van der Waals surface area (Å²) in [5.41, 5.74) is 3.85. The molecule has 2 aromatic heterocycles. The molecule has 4 rings (SSSR count). The second kappa shape index (κ2) is 10.3. The quantitative estimate of drug-likeness (QED) is 0.298. The molecule has 2 heterocycles. The van der Waals surface area contributed by atoms with E-state index in [1.54, 1.807) is 30.0 Å². The van der Waals surface area contributed by atoms with Crippen molar-refractivity contribution in [1.29, 1.82) is 0 Å². The van der Waals surface area contributed by atoms with Gasteiger partial charge in [0.05, 0.1) is 31.3 Å². The van der Waals surface area contributed by atoms with Gasteiger partial charge in [0, 0.05) is 23.2 Å². The van der Waals surface area contributed by atoms with E-state index < -0.39 is 5.91 Å². The van der Waals surface area contributed by atoms with Crippen molar-refractivity contribution in [3.05, 3.63) is 77.4 Å². The summed E-state index contributed by atoms with van der Waals surface area (Å²) in [6.07, 6.45) is 0. The van der Waals surface area contributed by atoms with Crippen LogP contribution in [0.2, 0.25) is 0 Å². The molecule has 0 spiro atoms. The topological polar surface area (TPSA) is 104 Å². The lowest BCUT2D eigenvalue weighted by Crippen LogP contribution is -2.16. The molecule has 0 aliphatic rings. The van der Waals surface area contributed by atoms with E-state index in [1.165, 1.54) is 18.9 Å². The Bertz CT molecular complexity index is 1290. The molecule has 0 saturated carbocycles. The van der Waals surface area contributed by atoms with Crippen molar-refractivity contribution in [1.82, 2.24) is 25.0 Å². The molecule has 0 atom stereocenters. The number of nitrogens with one attached hydrogen (secondary N) is 1. The molecule has 0 bridgehead atoms. The second-order valence-corrected chi connectivity index (χ2v) is 8.32. The first-order valence-electron chi connectivity index (χ1n) is 10.5. The van der Waals surface area contributed by atoms with E-state index in [9.17, 15) is 4.79 Å². The molecule has 0 saturated heterocycles. The van der Waals surface area contributed by atoms with Crippen LogP contribution in [-0.2, 0) is 5.75 Å². The highest BCUT2D eigenvalue weighted by Gasteiger charge is 2.22. The van der Waals surface area contributed by atoms with Crippen LogP contribution in [0.5, 0.6) is 11.5 Å². The molecule has 10 heteroatoms. The van der Waals surface area contributed by atoms with Crippen LogP contribution in [0, 0.1) is 13.8 Å². The van der Waals surface area contributed by atoms with Crippen molar-refractivity contribution in [2.24, 2.45) is 0 Å². The van der Waals surface area contributed by atoms with Crippen LogP contribution in [0.15, 0.2) is 59.8 Å². The van der Waals surface area contributed by atoms with Crippen LogP contribution in [-0.4, -0.2) is 45.1 Å². The molecule has 4 aromatic rings. The Morgan fingerprint density at radius 1 is 1.00 bits per heavy atom. The standard InChI is InChI=1S/C24H24N6O3S/c1-15-12-16(2)26-24(25-15)34-14-20-22(28-29-30(20)17-8-6-5-7-9-17)23(31)27-19-13-18(32-3)10-11-21(19)33-4/h5-13H,14H2,1-4H3,(H,27,31). The Balaban J connectivity index is 1.68. The van der Waals surface area contributed by atoms with E-state index in [0.717, 1.165) is 17.1 Å². The maximum Gasteiger partial charge on any atom is 0.278 e. The Morgan fingerprint density at radius 3 is 2.41 bits per heavy atom. The number of nitrogens with zero attached hydrogens (tertiary/aromatic N) is 5. The van der Waals surface area contributed by atoms with Crippen molar-refractivity contribution in [2.75, 3.05) is 19.5 Å². The molecule has 0 radical (unpaired) electrons. The summed E-state index contributed by atoms with van der Waals surface area (Å²) in [5, 5.41) is 12.0. The number of ether oxygens (including phenoxy) is 2. The third kappa shape index (κ3) is 5.18. The maximum atomic E-state index is 13.3. The van der Waals surface area contributed by atoms with Crippen LogP contribution >= 0.6 is 11.8 Å². The number of thioether (sulfide) groups is 1. The van der Waals surface area contributed by atoms with Crippen molar-refractivity contribution in [3.63, 3.8) is 0 Å². The van der Waals surface area contributed by atoms with Crippen LogP contribution in [0.1, 0.15) is 27.6 Å². The monoisotopic (exact) mass is 476 g/mol. The number of methoxy groups -OCH3 is 2. The molecule has 34 heavy (non-hydrogen) atoms. The van der Waals surface area contributed by atoms with Gasteiger partial charge in [-0.05, 0) is 44.2 Å². The van der Waals surface area contributed by atoms with Gasteiger partial charge in [0.1, 0.15) is 11.5 Å². The summed E-state index contributed by atoms with van der Waals surface area (Å²) in [6.45, 7) is 3.85. The lowest BCUT2D eigenvalue weighted by Gasteiger charge is -2.12. The van der Waals surface area contributed by atoms with Crippen molar-refractivity contribution >= 4 is 23.4 Å². The number of hydrogen-bond donors (Lipinski definition) is 1. The van der Waals surface area contributed by atoms with Gasteiger partial charge in [-0.3, -0.25) is 4.79 Å². The first kappa shape index (κ1) is 23.2. The number of carbonyl (C=O) groups excluding carboxylic acids is 1. The first-order chi connectivity index (χ1) is 16.5. The highest BCUT2D eigenvalue weighted by molar-refractivity contribution is 7.98. The van der Waals surface area contributed by atoms with Gasteiger partial charge in [-0.1, -0.05) is 35.2 Å².